The summed E-state index contributed by atoms with van der Waals surface area (Å²) in [5, 5.41) is 3.67. The summed E-state index contributed by atoms with van der Waals surface area (Å²) in [7, 11) is 2.18. The van der Waals surface area contributed by atoms with Gasteiger partial charge in [-0.1, -0.05) is 6.07 Å². The predicted molar refractivity (Wildman–Crippen MR) is 101 cm³/mol. The van der Waals surface area contributed by atoms with Gasteiger partial charge in [-0.15, -0.1) is 0 Å². The molecular formula is C20H31N3O2. The molecule has 1 aromatic rings. The lowest BCUT2D eigenvalue weighted by Gasteiger charge is -2.32. The summed E-state index contributed by atoms with van der Waals surface area (Å²) in [6.45, 7) is 9.38. The van der Waals surface area contributed by atoms with Gasteiger partial charge in [-0.3, -0.25) is 0 Å². The Morgan fingerprint density at radius 1 is 1.16 bits per heavy atom. The molecule has 1 amide bonds. The zero-order valence-electron chi connectivity index (χ0n) is 16.0. The molecule has 5 heteroatoms. The highest BCUT2D eigenvalue weighted by Gasteiger charge is 2.26. The van der Waals surface area contributed by atoms with Gasteiger partial charge in [0.05, 0.1) is 0 Å². The van der Waals surface area contributed by atoms with E-state index in [4.69, 9.17) is 4.74 Å². The van der Waals surface area contributed by atoms with Crippen molar-refractivity contribution in [2.45, 2.75) is 58.2 Å². The first kappa shape index (κ1) is 18.1. The maximum Gasteiger partial charge on any atom is 0.410 e. The van der Waals surface area contributed by atoms with E-state index >= 15 is 0 Å². The van der Waals surface area contributed by atoms with Crippen molar-refractivity contribution >= 4 is 11.8 Å². The van der Waals surface area contributed by atoms with E-state index in [1.807, 2.05) is 25.7 Å². The normalized spacial score (nSPS) is 19.4. The predicted octanol–water partition coefficient (Wildman–Crippen LogP) is 3.49. The standard InChI is InChI=1S/C20H31N3O2/c1-20(2,3)25-19(24)23-12-7-15-5-6-18(13-16(15)14-23)21-17-8-10-22(4)11-9-17/h5-6,13,17,21H,7-12,14H2,1-4H3. The highest BCUT2D eigenvalue weighted by molar-refractivity contribution is 5.69. The van der Waals surface area contributed by atoms with Gasteiger partial charge in [0.1, 0.15) is 5.60 Å². The number of nitrogens with one attached hydrogen (secondary N) is 1. The van der Waals surface area contributed by atoms with Gasteiger partial charge in [0.15, 0.2) is 0 Å². The van der Waals surface area contributed by atoms with Crippen molar-refractivity contribution in [1.82, 2.24) is 9.80 Å². The first-order chi connectivity index (χ1) is 11.8. The summed E-state index contributed by atoms with van der Waals surface area (Å²) in [6.07, 6.45) is 3.03. The van der Waals surface area contributed by atoms with Gasteiger partial charge < -0.3 is 19.9 Å². The molecule has 138 valence electrons. The van der Waals surface area contributed by atoms with Crippen molar-refractivity contribution < 1.29 is 9.53 Å². The largest absolute Gasteiger partial charge is 0.444 e. The number of benzene rings is 1. The Balaban J connectivity index is 1.64. The monoisotopic (exact) mass is 345 g/mol. The van der Waals surface area contributed by atoms with Gasteiger partial charge in [-0.25, -0.2) is 4.79 Å². The van der Waals surface area contributed by atoms with Crippen LogP contribution in [0.5, 0.6) is 0 Å². The molecule has 1 fully saturated rings. The fourth-order valence-electron chi connectivity index (χ4n) is 3.52. The fourth-order valence-corrected chi connectivity index (χ4v) is 3.52. The molecule has 0 spiro atoms. The molecule has 1 aromatic carbocycles. The van der Waals surface area contributed by atoms with Gasteiger partial charge in [0.25, 0.3) is 0 Å². The van der Waals surface area contributed by atoms with Crippen LogP contribution in [0.15, 0.2) is 18.2 Å². The minimum Gasteiger partial charge on any atom is -0.444 e. The molecule has 0 radical (unpaired) electrons. The molecule has 0 unspecified atom stereocenters. The van der Waals surface area contributed by atoms with Crippen molar-refractivity contribution in [2.24, 2.45) is 0 Å². The van der Waals surface area contributed by atoms with Gasteiger partial charge in [-0.05, 0) is 83.4 Å². The van der Waals surface area contributed by atoms with Crippen LogP contribution in [-0.2, 0) is 17.7 Å². The molecule has 0 bridgehead atoms. The van der Waals surface area contributed by atoms with Crippen LogP contribution in [0.1, 0.15) is 44.7 Å². The molecule has 0 aromatic heterocycles. The third kappa shape index (κ3) is 4.88. The topological polar surface area (TPSA) is 44.8 Å². The molecule has 2 aliphatic heterocycles. The zero-order chi connectivity index (χ0) is 18.0. The number of nitrogens with zero attached hydrogens (tertiary/aromatic N) is 2. The fraction of sp³-hybridized carbons (Fsp3) is 0.650. The second kappa shape index (κ2) is 7.24. The Hall–Kier alpha value is -1.75. The van der Waals surface area contributed by atoms with E-state index in [0.717, 1.165) is 26.1 Å². The summed E-state index contributed by atoms with van der Waals surface area (Å²) in [6, 6.07) is 7.14. The van der Waals surface area contributed by atoms with Crippen LogP contribution in [-0.4, -0.2) is 54.2 Å². The van der Waals surface area contributed by atoms with Crippen LogP contribution in [0.25, 0.3) is 0 Å². The summed E-state index contributed by atoms with van der Waals surface area (Å²) in [5.74, 6) is 0. The van der Waals surface area contributed by atoms with E-state index in [1.54, 1.807) is 0 Å². The van der Waals surface area contributed by atoms with Crippen molar-refractivity contribution in [3.63, 3.8) is 0 Å². The molecular weight excluding hydrogens is 314 g/mol. The van der Waals surface area contributed by atoms with Crippen LogP contribution < -0.4 is 5.32 Å². The van der Waals surface area contributed by atoms with Gasteiger partial charge in [-0.2, -0.15) is 0 Å². The van der Waals surface area contributed by atoms with E-state index in [2.05, 4.69) is 35.5 Å². The van der Waals surface area contributed by atoms with E-state index < -0.39 is 5.60 Å². The number of anilines is 1. The van der Waals surface area contributed by atoms with E-state index in [1.165, 1.54) is 29.7 Å². The SMILES string of the molecule is CN1CCC(Nc2ccc3c(c2)CN(C(=O)OC(C)(C)C)CC3)CC1. The lowest BCUT2D eigenvalue weighted by molar-refractivity contribution is 0.0224. The molecule has 1 saturated heterocycles. The van der Waals surface area contributed by atoms with Crippen molar-refractivity contribution in [3.8, 4) is 0 Å². The first-order valence-electron chi connectivity index (χ1n) is 9.35. The third-order valence-corrected chi connectivity index (χ3v) is 4.96. The number of fused-ring (bicyclic) bond motifs is 1. The zero-order valence-corrected chi connectivity index (χ0v) is 16.0. The van der Waals surface area contributed by atoms with Crippen LogP contribution in [0, 0.1) is 0 Å². The van der Waals surface area contributed by atoms with E-state index in [0.29, 0.717) is 12.6 Å². The Bertz CT molecular complexity index is 616. The van der Waals surface area contributed by atoms with Crippen LogP contribution >= 0.6 is 0 Å². The summed E-state index contributed by atoms with van der Waals surface area (Å²) in [5.41, 5.74) is 3.29. The van der Waals surface area contributed by atoms with Crippen LogP contribution in [0.3, 0.4) is 0 Å². The van der Waals surface area contributed by atoms with Crippen molar-refractivity contribution in [3.05, 3.63) is 29.3 Å². The van der Waals surface area contributed by atoms with Gasteiger partial charge in [0.2, 0.25) is 0 Å². The Labute approximate surface area is 151 Å². The second-order valence-corrected chi connectivity index (χ2v) is 8.36. The van der Waals surface area contributed by atoms with Crippen molar-refractivity contribution in [1.29, 1.82) is 0 Å². The molecule has 0 atom stereocenters. The molecule has 1 N–H and O–H groups in total. The number of carbonyl (C=O) groups excluding carboxylic acids is 1. The molecule has 25 heavy (non-hydrogen) atoms. The Kier molecular flexibility index (Phi) is 5.23. The lowest BCUT2D eigenvalue weighted by atomic mass is 9.98. The smallest absolute Gasteiger partial charge is 0.410 e. The highest BCUT2D eigenvalue weighted by atomic mass is 16.6. The van der Waals surface area contributed by atoms with E-state index in [9.17, 15) is 4.79 Å². The lowest BCUT2D eigenvalue weighted by Crippen LogP contribution is -2.40. The summed E-state index contributed by atoms with van der Waals surface area (Å²) < 4.78 is 5.52. The number of amides is 1. The van der Waals surface area contributed by atoms with Crippen LogP contribution in [0.4, 0.5) is 10.5 Å². The first-order valence-corrected chi connectivity index (χ1v) is 9.35. The average molecular weight is 345 g/mol. The van der Waals surface area contributed by atoms with Crippen molar-refractivity contribution in [2.75, 3.05) is 32.0 Å². The van der Waals surface area contributed by atoms with Gasteiger partial charge >= 0.3 is 6.09 Å². The minimum atomic E-state index is -0.449. The quantitative estimate of drug-likeness (QED) is 0.891. The van der Waals surface area contributed by atoms with Gasteiger partial charge in [0, 0.05) is 24.8 Å². The molecule has 5 nitrogen and oxygen atoms in total. The maximum atomic E-state index is 12.3. The highest BCUT2D eigenvalue weighted by Crippen LogP contribution is 2.25. The second-order valence-electron chi connectivity index (χ2n) is 8.36. The molecule has 3 rings (SSSR count). The summed E-state index contributed by atoms with van der Waals surface area (Å²) in [4.78, 5) is 16.5. The Morgan fingerprint density at radius 2 is 1.88 bits per heavy atom. The number of ether oxygens (including phenoxy) is 1. The molecule has 0 saturated carbocycles. The minimum absolute atomic E-state index is 0.216. The number of carbonyl (C=O) groups is 1. The van der Waals surface area contributed by atoms with Crippen LogP contribution in [0.2, 0.25) is 0 Å². The number of likely N-dealkylation sites (tertiary alicyclic amines) is 1. The maximum absolute atomic E-state index is 12.3. The number of piperidine rings is 1. The third-order valence-electron chi connectivity index (χ3n) is 4.96. The number of rotatable bonds is 2. The molecule has 2 heterocycles. The van der Waals surface area contributed by atoms with E-state index in [-0.39, 0.29) is 6.09 Å². The molecule has 2 aliphatic rings. The average Bonchev–Trinajstić information content (AvgIpc) is 2.55. The number of hydrogen-bond donors (Lipinski definition) is 1. The Morgan fingerprint density at radius 3 is 2.56 bits per heavy atom. The molecule has 0 aliphatic carbocycles. The summed E-state index contributed by atoms with van der Waals surface area (Å²) >= 11 is 0. The number of hydrogen-bond acceptors (Lipinski definition) is 4.